The Balaban J connectivity index is 1.78. The first-order chi connectivity index (χ1) is 9.75. The minimum Gasteiger partial charge on any atom is -0.467 e. The number of thiophene rings is 1. The van der Waals surface area contributed by atoms with Gasteiger partial charge in [-0.3, -0.25) is 4.79 Å². The zero-order valence-corrected chi connectivity index (χ0v) is 12.1. The van der Waals surface area contributed by atoms with Crippen LogP contribution in [0.2, 0.25) is 0 Å². The summed E-state index contributed by atoms with van der Waals surface area (Å²) in [4.78, 5) is 13.7. The lowest BCUT2D eigenvalue weighted by Crippen LogP contribution is -2.24. The van der Waals surface area contributed by atoms with Gasteiger partial charge in [-0.25, -0.2) is 0 Å². The molecule has 0 saturated heterocycles. The molecule has 1 amide bonds. The van der Waals surface area contributed by atoms with Crippen molar-refractivity contribution in [1.29, 1.82) is 0 Å². The topological polar surface area (TPSA) is 68.3 Å². The number of aryl methyl sites for hydroxylation is 1. The summed E-state index contributed by atoms with van der Waals surface area (Å²) in [5.41, 5.74) is 7.92. The van der Waals surface area contributed by atoms with Crippen LogP contribution < -0.4 is 11.1 Å². The van der Waals surface area contributed by atoms with E-state index < -0.39 is 0 Å². The molecule has 4 nitrogen and oxygen atoms in total. The van der Waals surface area contributed by atoms with E-state index in [1.165, 1.54) is 23.3 Å². The molecule has 2 aromatic heterocycles. The second-order valence-electron chi connectivity index (χ2n) is 5.07. The summed E-state index contributed by atoms with van der Waals surface area (Å²) in [6, 6.07) is 3.66. The number of nitrogens with two attached hydrogens (primary N) is 1. The zero-order valence-electron chi connectivity index (χ0n) is 11.3. The fourth-order valence-corrected chi connectivity index (χ4v) is 3.84. The van der Waals surface area contributed by atoms with Crippen molar-refractivity contribution in [3.63, 3.8) is 0 Å². The number of hydrogen-bond acceptors (Lipinski definition) is 4. The molecule has 0 radical (unpaired) electrons. The molecule has 3 N–H and O–H groups in total. The number of fused-ring (bicyclic) bond motifs is 1. The first-order valence-corrected chi connectivity index (χ1v) is 7.78. The highest BCUT2D eigenvalue weighted by Gasteiger charge is 2.23. The Kier molecular flexibility index (Phi) is 3.78. The maximum absolute atomic E-state index is 12.4. The first-order valence-electron chi connectivity index (χ1n) is 6.96. The Labute approximate surface area is 122 Å². The molecule has 1 aliphatic rings. The van der Waals surface area contributed by atoms with Gasteiger partial charge in [-0.15, -0.1) is 11.3 Å². The van der Waals surface area contributed by atoms with Crippen molar-refractivity contribution in [2.45, 2.75) is 38.6 Å². The van der Waals surface area contributed by atoms with Crippen LogP contribution in [-0.4, -0.2) is 5.91 Å². The minimum absolute atomic E-state index is 0.0849. The van der Waals surface area contributed by atoms with E-state index in [-0.39, 0.29) is 5.91 Å². The van der Waals surface area contributed by atoms with Crippen LogP contribution in [0.5, 0.6) is 0 Å². The summed E-state index contributed by atoms with van der Waals surface area (Å²) < 4.78 is 5.22. The van der Waals surface area contributed by atoms with Crippen molar-refractivity contribution in [3.8, 4) is 0 Å². The number of furan rings is 1. The standard InChI is InChI=1S/C15H18N2O2S/c16-14-13(11-6-2-1-3-7-12(11)20-14)15(18)17-9-10-5-4-8-19-10/h4-5,8H,1-3,6-7,9,16H2,(H,17,18). The van der Waals surface area contributed by atoms with Crippen molar-refractivity contribution in [3.05, 3.63) is 40.2 Å². The van der Waals surface area contributed by atoms with Crippen LogP contribution in [-0.2, 0) is 19.4 Å². The Morgan fingerprint density at radius 1 is 1.35 bits per heavy atom. The molecule has 0 aliphatic heterocycles. The fraction of sp³-hybridized carbons (Fsp3) is 0.400. The van der Waals surface area contributed by atoms with Gasteiger partial charge in [-0.2, -0.15) is 0 Å². The smallest absolute Gasteiger partial charge is 0.254 e. The molecule has 2 heterocycles. The number of anilines is 1. The van der Waals surface area contributed by atoms with Gasteiger partial charge in [0.15, 0.2) is 0 Å². The molecular formula is C15H18N2O2S. The van der Waals surface area contributed by atoms with Crippen LogP contribution >= 0.6 is 11.3 Å². The van der Waals surface area contributed by atoms with Gasteiger partial charge in [0.2, 0.25) is 0 Å². The molecule has 1 aliphatic carbocycles. The fourth-order valence-electron chi connectivity index (χ4n) is 2.68. The van der Waals surface area contributed by atoms with Gasteiger partial charge in [0.1, 0.15) is 5.76 Å². The van der Waals surface area contributed by atoms with Gasteiger partial charge in [0, 0.05) is 4.88 Å². The molecule has 0 unspecified atom stereocenters. The number of nitrogen functional groups attached to an aromatic ring is 1. The van der Waals surface area contributed by atoms with Gasteiger partial charge in [-0.05, 0) is 43.4 Å². The third-order valence-corrected chi connectivity index (χ3v) is 4.80. The lowest BCUT2D eigenvalue weighted by molar-refractivity contribution is 0.0948. The number of nitrogens with one attached hydrogen (secondary N) is 1. The van der Waals surface area contributed by atoms with Crippen LogP contribution in [0.25, 0.3) is 0 Å². The summed E-state index contributed by atoms with van der Waals surface area (Å²) in [6.45, 7) is 0.399. The molecule has 0 fully saturated rings. The van der Waals surface area contributed by atoms with Gasteiger partial charge >= 0.3 is 0 Å². The van der Waals surface area contributed by atoms with Crippen LogP contribution in [0.1, 0.15) is 45.8 Å². The maximum Gasteiger partial charge on any atom is 0.254 e. The highest BCUT2D eigenvalue weighted by molar-refractivity contribution is 7.16. The van der Waals surface area contributed by atoms with Crippen LogP contribution in [0, 0.1) is 0 Å². The number of amides is 1. The van der Waals surface area contributed by atoms with E-state index in [1.54, 1.807) is 17.6 Å². The average Bonchev–Trinajstić information content (AvgIpc) is 2.99. The van der Waals surface area contributed by atoms with Gasteiger partial charge in [0.05, 0.1) is 23.4 Å². The summed E-state index contributed by atoms with van der Waals surface area (Å²) in [5, 5.41) is 3.54. The second-order valence-corrected chi connectivity index (χ2v) is 6.20. The van der Waals surface area contributed by atoms with Crippen molar-refractivity contribution in [2.75, 3.05) is 5.73 Å². The van der Waals surface area contributed by atoms with E-state index in [4.69, 9.17) is 10.2 Å². The van der Waals surface area contributed by atoms with E-state index in [9.17, 15) is 4.79 Å². The first kappa shape index (κ1) is 13.2. The predicted molar refractivity (Wildman–Crippen MR) is 79.9 cm³/mol. The molecule has 0 aromatic carbocycles. The van der Waals surface area contributed by atoms with Crippen LogP contribution in [0.4, 0.5) is 5.00 Å². The normalized spacial score (nSPS) is 14.6. The van der Waals surface area contributed by atoms with Crippen molar-refractivity contribution >= 4 is 22.2 Å². The zero-order chi connectivity index (χ0) is 13.9. The predicted octanol–water partition coefficient (Wildman–Crippen LogP) is 3.12. The summed E-state index contributed by atoms with van der Waals surface area (Å²) in [6.07, 6.45) is 7.19. The molecule has 106 valence electrons. The van der Waals surface area contributed by atoms with Crippen LogP contribution in [0.3, 0.4) is 0 Å². The number of hydrogen-bond donors (Lipinski definition) is 2. The van der Waals surface area contributed by atoms with Crippen molar-refractivity contribution in [1.82, 2.24) is 5.32 Å². The molecule has 2 aromatic rings. The minimum atomic E-state index is -0.0849. The average molecular weight is 290 g/mol. The maximum atomic E-state index is 12.4. The summed E-state index contributed by atoms with van der Waals surface area (Å²) >= 11 is 1.58. The SMILES string of the molecule is Nc1sc2c(c1C(=O)NCc1ccco1)CCCCC2. The molecule has 3 rings (SSSR count). The lowest BCUT2D eigenvalue weighted by Gasteiger charge is -2.06. The van der Waals surface area contributed by atoms with Crippen LogP contribution in [0.15, 0.2) is 22.8 Å². The van der Waals surface area contributed by atoms with E-state index in [0.29, 0.717) is 17.1 Å². The Morgan fingerprint density at radius 2 is 2.20 bits per heavy atom. The monoisotopic (exact) mass is 290 g/mol. The molecule has 0 spiro atoms. The highest BCUT2D eigenvalue weighted by Crippen LogP contribution is 2.35. The number of rotatable bonds is 3. The summed E-state index contributed by atoms with van der Waals surface area (Å²) in [5.74, 6) is 0.663. The van der Waals surface area contributed by atoms with Crippen molar-refractivity contribution in [2.24, 2.45) is 0 Å². The molecule has 5 heteroatoms. The number of carbonyl (C=O) groups is 1. The van der Waals surface area contributed by atoms with Crippen molar-refractivity contribution < 1.29 is 9.21 Å². The van der Waals surface area contributed by atoms with E-state index in [1.807, 2.05) is 12.1 Å². The van der Waals surface area contributed by atoms with E-state index >= 15 is 0 Å². The lowest BCUT2D eigenvalue weighted by atomic mass is 10.1. The Morgan fingerprint density at radius 3 is 3.00 bits per heavy atom. The Hall–Kier alpha value is -1.75. The highest BCUT2D eigenvalue weighted by atomic mass is 32.1. The molecule has 0 saturated carbocycles. The van der Waals surface area contributed by atoms with Gasteiger partial charge in [0.25, 0.3) is 5.91 Å². The quantitative estimate of drug-likeness (QED) is 0.853. The third-order valence-electron chi connectivity index (χ3n) is 3.68. The largest absolute Gasteiger partial charge is 0.467 e. The molecule has 0 bridgehead atoms. The molecular weight excluding hydrogens is 272 g/mol. The Bertz CT molecular complexity index is 602. The molecule has 20 heavy (non-hydrogen) atoms. The van der Waals surface area contributed by atoms with E-state index in [2.05, 4.69) is 5.32 Å². The second kappa shape index (κ2) is 5.71. The summed E-state index contributed by atoms with van der Waals surface area (Å²) in [7, 11) is 0. The van der Waals surface area contributed by atoms with Gasteiger partial charge in [-0.1, -0.05) is 6.42 Å². The number of carbonyl (C=O) groups excluding carboxylic acids is 1. The van der Waals surface area contributed by atoms with E-state index in [0.717, 1.165) is 25.0 Å². The third kappa shape index (κ3) is 2.58. The molecule has 0 atom stereocenters. The van der Waals surface area contributed by atoms with Gasteiger partial charge < -0.3 is 15.5 Å².